The zero-order chi connectivity index (χ0) is 24.6. The molecular formula is C26H27N9O. The van der Waals surface area contributed by atoms with Gasteiger partial charge in [0.05, 0.1) is 23.1 Å². The second kappa shape index (κ2) is 9.04. The summed E-state index contributed by atoms with van der Waals surface area (Å²) in [6.45, 7) is 5.76. The summed E-state index contributed by atoms with van der Waals surface area (Å²) in [4.78, 5) is 33.6. The molecule has 0 radical (unpaired) electrons. The average Bonchev–Trinajstić information content (AvgIpc) is 3.53. The van der Waals surface area contributed by atoms with Gasteiger partial charge in [0.1, 0.15) is 11.5 Å². The number of hydrogen-bond acceptors (Lipinski definition) is 7. The third-order valence-corrected chi connectivity index (χ3v) is 6.68. The number of rotatable bonds is 5. The minimum Gasteiger partial charge on any atom is -0.353 e. The molecule has 6 rings (SSSR count). The van der Waals surface area contributed by atoms with Crippen LogP contribution in [0.15, 0.2) is 49.1 Å². The van der Waals surface area contributed by atoms with Crippen molar-refractivity contribution in [3.63, 3.8) is 0 Å². The second-order valence-corrected chi connectivity index (χ2v) is 9.13. The number of carbonyl (C=O) groups excluding carboxylic acids is 1. The number of nitrogens with zero attached hydrogens (tertiary/aromatic N) is 6. The Morgan fingerprint density at radius 2 is 1.86 bits per heavy atom. The summed E-state index contributed by atoms with van der Waals surface area (Å²) in [6.07, 6.45) is 7.46. The highest BCUT2D eigenvalue weighted by molar-refractivity contribution is 5.99. The van der Waals surface area contributed by atoms with Crippen LogP contribution in [0.2, 0.25) is 0 Å². The van der Waals surface area contributed by atoms with Gasteiger partial charge in [-0.25, -0.2) is 9.97 Å². The van der Waals surface area contributed by atoms with E-state index >= 15 is 0 Å². The predicted octanol–water partition coefficient (Wildman–Crippen LogP) is 3.66. The van der Waals surface area contributed by atoms with Gasteiger partial charge in [0.25, 0.3) is 0 Å². The zero-order valence-electron chi connectivity index (χ0n) is 20.2. The molecule has 1 fully saturated rings. The number of pyridine rings is 3. The summed E-state index contributed by atoms with van der Waals surface area (Å²) in [6, 6.07) is 8.08. The van der Waals surface area contributed by atoms with Crippen LogP contribution in [-0.4, -0.2) is 74.2 Å². The van der Waals surface area contributed by atoms with Crippen molar-refractivity contribution in [1.82, 2.24) is 35.0 Å². The predicted molar refractivity (Wildman–Crippen MR) is 141 cm³/mol. The van der Waals surface area contributed by atoms with Gasteiger partial charge in [0.2, 0.25) is 5.91 Å². The van der Waals surface area contributed by atoms with Gasteiger partial charge < -0.3 is 20.1 Å². The largest absolute Gasteiger partial charge is 0.353 e. The third-order valence-electron chi connectivity index (χ3n) is 6.68. The first-order valence-corrected chi connectivity index (χ1v) is 12.1. The Bertz CT molecular complexity index is 1560. The topological polar surface area (TPSA) is 119 Å². The van der Waals surface area contributed by atoms with Gasteiger partial charge >= 0.3 is 0 Å². The second-order valence-electron chi connectivity index (χ2n) is 9.13. The smallest absolute Gasteiger partial charge is 0.224 e. The monoisotopic (exact) mass is 481 g/mol. The van der Waals surface area contributed by atoms with E-state index in [1.807, 2.05) is 25.3 Å². The van der Waals surface area contributed by atoms with Crippen LogP contribution in [0.3, 0.4) is 0 Å². The van der Waals surface area contributed by atoms with Crippen molar-refractivity contribution in [2.75, 3.05) is 43.4 Å². The number of fused-ring (bicyclic) bond motifs is 2. The number of H-pyrrole nitrogens is 2. The number of anilines is 2. The van der Waals surface area contributed by atoms with Crippen molar-refractivity contribution < 1.29 is 4.79 Å². The minimum atomic E-state index is -0.0520. The molecule has 3 N–H and O–H groups in total. The molecule has 6 heterocycles. The van der Waals surface area contributed by atoms with E-state index < -0.39 is 0 Å². The fourth-order valence-corrected chi connectivity index (χ4v) is 4.62. The number of aromatic amines is 2. The molecular weight excluding hydrogens is 454 g/mol. The van der Waals surface area contributed by atoms with Gasteiger partial charge in [-0.15, -0.1) is 0 Å². The standard InChI is InChI=1S/C26H27N9O/c1-3-23(36)30-18-10-16(13-27-15-18)17-11-20-24(32-33-25(20)29-14-17)22-12-19-21(31-22)4-5-28-26(19)35-8-6-34(2)7-9-35/h4-5,10-15,31H,3,6-9H2,1-2H3,(H,30,36)(H,29,32,33). The lowest BCUT2D eigenvalue weighted by Crippen LogP contribution is -2.44. The van der Waals surface area contributed by atoms with E-state index in [1.54, 1.807) is 18.6 Å². The Kier molecular flexibility index (Phi) is 5.57. The molecule has 182 valence electrons. The molecule has 10 heteroatoms. The molecule has 10 nitrogen and oxygen atoms in total. The molecule has 0 atom stereocenters. The van der Waals surface area contributed by atoms with Crippen LogP contribution in [0.1, 0.15) is 13.3 Å². The van der Waals surface area contributed by atoms with E-state index in [-0.39, 0.29) is 5.91 Å². The van der Waals surface area contributed by atoms with Crippen LogP contribution >= 0.6 is 0 Å². The Labute approximate surface area is 207 Å². The van der Waals surface area contributed by atoms with Gasteiger partial charge in [-0.05, 0) is 31.3 Å². The summed E-state index contributed by atoms with van der Waals surface area (Å²) >= 11 is 0. The van der Waals surface area contributed by atoms with Gasteiger partial charge in [-0.1, -0.05) is 6.92 Å². The average molecular weight is 482 g/mol. The molecule has 1 aliphatic rings. The number of piperazine rings is 1. The summed E-state index contributed by atoms with van der Waals surface area (Å²) in [5, 5.41) is 12.5. The first-order chi connectivity index (χ1) is 17.6. The van der Waals surface area contributed by atoms with Gasteiger partial charge in [-0.2, -0.15) is 5.10 Å². The number of likely N-dealkylation sites (N-methyl/N-ethyl adjacent to an activating group) is 1. The number of hydrogen-bond donors (Lipinski definition) is 3. The third kappa shape index (κ3) is 4.05. The van der Waals surface area contributed by atoms with E-state index in [0.29, 0.717) is 17.8 Å². The van der Waals surface area contributed by atoms with Gasteiger partial charge in [0, 0.05) is 73.1 Å². The minimum absolute atomic E-state index is 0.0520. The first-order valence-electron chi connectivity index (χ1n) is 12.1. The van der Waals surface area contributed by atoms with Crippen LogP contribution in [-0.2, 0) is 4.79 Å². The summed E-state index contributed by atoms with van der Waals surface area (Å²) < 4.78 is 0. The molecule has 36 heavy (non-hydrogen) atoms. The molecule has 0 saturated carbocycles. The van der Waals surface area contributed by atoms with Crippen molar-refractivity contribution in [2.24, 2.45) is 0 Å². The van der Waals surface area contributed by atoms with Crippen molar-refractivity contribution in [3.8, 4) is 22.5 Å². The van der Waals surface area contributed by atoms with E-state index in [1.165, 1.54) is 0 Å². The SMILES string of the molecule is CCC(=O)Nc1cncc(-c2cnc3[nH]nc(-c4cc5c(N6CCN(C)CC6)nccc5[nH]4)c3c2)c1. The van der Waals surface area contributed by atoms with Gasteiger partial charge in [-0.3, -0.25) is 14.9 Å². The molecule has 0 aliphatic carbocycles. The fraction of sp³-hybridized carbons (Fsp3) is 0.269. The highest BCUT2D eigenvalue weighted by Crippen LogP contribution is 2.33. The number of amides is 1. The first kappa shape index (κ1) is 22.2. The van der Waals surface area contributed by atoms with Crippen LogP contribution < -0.4 is 10.2 Å². The van der Waals surface area contributed by atoms with E-state index in [9.17, 15) is 4.79 Å². The maximum absolute atomic E-state index is 11.8. The molecule has 0 bridgehead atoms. The molecule has 0 spiro atoms. The number of nitrogens with one attached hydrogen (secondary N) is 3. The lowest BCUT2D eigenvalue weighted by molar-refractivity contribution is -0.115. The molecule has 1 amide bonds. The Morgan fingerprint density at radius 3 is 2.69 bits per heavy atom. The van der Waals surface area contributed by atoms with E-state index in [4.69, 9.17) is 4.98 Å². The normalized spacial score (nSPS) is 14.6. The Morgan fingerprint density at radius 1 is 1.03 bits per heavy atom. The molecule has 0 unspecified atom stereocenters. The van der Waals surface area contributed by atoms with Gasteiger partial charge in [0.15, 0.2) is 5.65 Å². The lowest BCUT2D eigenvalue weighted by Gasteiger charge is -2.33. The highest BCUT2D eigenvalue weighted by Gasteiger charge is 2.20. The summed E-state index contributed by atoms with van der Waals surface area (Å²) in [5.74, 6) is 0.947. The molecule has 1 aliphatic heterocycles. The van der Waals surface area contributed by atoms with Crippen molar-refractivity contribution in [2.45, 2.75) is 13.3 Å². The Hall–Kier alpha value is -4.31. The Balaban J connectivity index is 1.38. The van der Waals surface area contributed by atoms with Crippen LogP contribution in [0.5, 0.6) is 0 Å². The molecule has 1 saturated heterocycles. The molecule has 0 aromatic carbocycles. The van der Waals surface area contributed by atoms with Crippen molar-refractivity contribution in [3.05, 3.63) is 49.1 Å². The van der Waals surface area contributed by atoms with E-state index in [0.717, 1.165) is 70.8 Å². The van der Waals surface area contributed by atoms with Crippen LogP contribution in [0.25, 0.3) is 44.5 Å². The van der Waals surface area contributed by atoms with E-state index in [2.05, 4.69) is 59.4 Å². The highest BCUT2D eigenvalue weighted by atomic mass is 16.1. The number of aromatic nitrogens is 6. The number of carbonyl (C=O) groups is 1. The zero-order valence-corrected chi connectivity index (χ0v) is 20.2. The maximum atomic E-state index is 11.8. The van der Waals surface area contributed by atoms with Crippen molar-refractivity contribution in [1.29, 1.82) is 0 Å². The summed E-state index contributed by atoms with van der Waals surface area (Å²) in [7, 11) is 2.15. The maximum Gasteiger partial charge on any atom is 0.224 e. The fourth-order valence-electron chi connectivity index (χ4n) is 4.62. The van der Waals surface area contributed by atoms with Crippen LogP contribution in [0.4, 0.5) is 11.5 Å². The summed E-state index contributed by atoms with van der Waals surface area (Å²) in [5.41, 5.74) is 5.84. The van der Waals surface area contributed by atoms with Crippen LogP contribution in [0, 0.1) is 0 Å². The lowest BCUT2D eigenvalue weighted by atomic mass is 10.1. The molecule has 5 aromatic rings. The van der Waals surface area contributed by atoms with Crippen molar-refractivity contribution >= 4 is 39.3 Å². The quantitative estimate of drug-likeness (QED) is 0.350. The molecule has 5 aromatic heterocycles.